The molecule has 5 nitrogen and oxygen atoms in total. The molecule has 1 atom stereocenters. The van der Waals surface area contributed by atoms with Crippen LogP contribution in [0.4, 0.5) is 9.18 Å². The molecule has 1 saturated heterocycles. The number of benzene rings is 2. The summed E-state index contributed by atoms with van der Waals surface area (Å²) in [5.41, 5.74) is 3.23. The van der Waals surface area contributed by atoms with Gasteiger partial charge < -0.3 is 15.0 Å². The van der Waals surface area contributed by atoms with Crippen molar-refractivity contribution in [1.82, 2.24) is 15.1 Å². The molecule has 0 saturated carbocycles. The lowest BCUT2D eigenvalue weighted by Crippen LogP contribution is -2.39. The minimum absolute atomic E-state index is 0.149. The van der Waals surface area contributed by atoms with Gasteiger partial charge >= 0.3 is 6.03 Å². The Hall–Kier alpha value is -2.44. The van der Waals surface area contributed by atoms with Crippen LogP contribution in [0.25, 0.3) is 0 Å². The second-order valence-corrected chi connectivity index (χ2v) is 7.15. The van der Waals surface area contributed by atoms with Gasteiger partial charge in [0.2, 0.25) is 0 Å². The molecule has 0 spiro atoms. The van der Waals surface area contributed by atoms with E-state index in [0.717, 1.165) is 44.0 Å². The summed E-state index contributed by atoms with van der Waals surface area (Å²) in [6, 6.07) is 14.1. The molecule has 0 bridgehead atoms. The highest BCUT2D eigenvalue weighted by molar-refractivity contribution is 5.74. The van der Waals surface area contributed by atoms with Crippen LogP contribution >= 0.6 is 0 Å². The largest absolute Gasteiger partial charge is 0.379 e. The Labute approximate surface area is 166 Å². The number of halogens is 1. The topological polar surface area (TPSA) is 44.8 Å². The van der Waals surface area contributed by atoms with Gasteiger partial charge in [-0.2, -0.15) is 0 Å². The summed E-state index contributed by atoms with van der Waals surface area (Å²) in [5.74, 6) is -0.278. The third-order valence-corrected chi connectivity index (χ3v) is 5.30. The van der Waals surface area contributed by atoms with Crippen molar-refractivity contribution in [2.75, 3.05) is 33.4 Å². The van der Waals surface area contributed by atoms with Gasteiger partial charge in [-0.3, -0.25) is 4.90 Å². The first-order chi connectivity index (χ1) is 13.5. The molecule has 3 rings (SSSR count). The number of urea groups is 1. The highest BCUT2D eigenvalue weighted by Crippen LogP contribution is 2.19. The number of morpholine rings is 1. The van der Waals surface area contributed by atoms with E-state index in [4.69, 9.17) is 4.74 Å². The van der Waals surface area contributed by atoms with Gasteiger partial charge in [-0.05, 0) is 35.7 Å². The zero-order valence-corrected chi connectivity index (χ0v) is 16.5. The van der Waals surface area contributed by atoms with Gasteiger partial charge in [0.25, 0.3) is 0 Å². The molecule has 6 heteroatoms. The third-order valence-electron chi connectivity index (χ3n) is 5.30. The fourth-order valence-electron chi connectivity index (χ4n) is 3.32. The Balaban J connectivity index is 1.58. The van der Waals surface area contributed by atoms with E-state index in [2.05, 4.69) is 22.3 Å². The Morgan fingerprint density at radius 3 is 2.46 bits per heavy atom. The van der Waals surface area contributed by atoms with Crippen molar-refractivity contribution >= 4 is 6.03 Å². The van der Waals surface area contributed by atoms with Crippen molar-refractivity contribution < 1.29 is 13.9 Å². The molecule has 2 aromatic rings. The van der Waals surface area contributed by atoms with Crippen molar-refractivity contribution in [1.29, 1.82) is 0 Å². The zero-order chi connectivity index (χ0) is 19.9. The van der Waals surface area contributed by atoms with Gasteiger partial charge in [0, 0.05) is 33.2 Å². The maximum absolute atomic E-state index is 13.1. The normalized spacial score (nSPS) is 15.8. The molecule has 0 aromatic heterocycles. The number of rotatable bonds is 6. The van der Waals surface area contributed by atoms with Gasteiger partial charge in [0.1, 0.15) is 5.82 Å². The Bertz CT molecular complexity index is 776. The number of hydrogen-bond acceptors (Lipinski definition) is 3. The van der Waals surface area contributed by atoms with Crippen LogP contribution in [0.2, 0.25) is 0 Å². The van der Waals surface area contributed by atoms with Crippen molar-refractivity contribution in [3.8, 4) is 0 Å². The van der Waals surface area contributed by atoms with Gasteiger partial charge in [0.05, 0.1) is 19.3 Å². The maximum Gasteiger partial charge on any atom is 0.317 e. The molecule has 150 valence electrons. The minimum atomic E-state index is -0.278. The SMILES string of the molecule is CC(c1ccc(F)cc1)N(C)C(=O)NCc1ccccc1CN1CCOCC1. The number of hydrogen-bond donors (Lipinski definition) is 1. The lowest BCUT2D eigenvalue weighted by Gasteiger charge is -2.28. The Kier molecular flexibility index (Phi) is 7.01. The first-order valence-corrected chi connectivity index (χ1v) is 9.67. The number of nitrogens with one attached hydrogen (secondary N) is 1. The number of carbonyl (C=O) groups excluding carboxylic acids is 1. The second-order valence-electron chi connectivity index (χ2n) is 7.15. The molecule has 1 unspecified atom stereocenters. The first kappa shape index (κ1) is 20.3. The molecule has 1 aliphatic rings. The lowest BCUT2D eigenvalue weighted by molar-refractivity contribution is 0.0340. The fraction of sp³-hybridized carbons (Fsp3) is 0.409. The first-order valence-electron chi connectivity index (χ1n) is 9.67. The highest BCUT2D eigenvalue weighted by atomic mass is 19.1. The number of ether oxygens (including phenoxy) is 1. The molecule has 1 fully saturated rings. The fourth-order valence-corrected chi connectivity index (χ4v) is 3.32. The molecule has 2 aromatic carbocycles. The second kappa shape index (κ2) is 9.66. The van der Waals surface area contributed by atoms with Crippen molar-refractivity contribution in [3.63, 3.8) is 0 Å². The molecule has 0 radical (unpaired) electrons. The van der Waals surface area contributed by atoms with Crippen LogP contribution in [0.15, 0.2) is 48.5 Å². The van der Waals surface area contributed by atoms with E-state index >= 15 is 0 Å². The molecule has 28 heavy (non-hydrogen) atoms. The molecule has 1 aliphatic heterocycles. The summed E-state index contributed by atoms with van der Waals surface area (Å²) in [6.45, 7) is 6.66. The smallest absolute Gasteiger partial charge is 0.317 e. The van der Waals surface area contributed by atoms with E-state index in [1.807, 2.05) is 19.1 Å². The number of nitrogens with zero attached hydrogens (tertiary/aromatic N) is 2. The molecule has 2 amide bonds. The van der Waals surface area contributed by atoms with Crippen LogP contribution in [0.3, 0.4) is 0 Å². The predicted molar refractivity (Wildman–Crippen MR) is 107 cm³/mol. The molecule has 1 heterocycles. The summed E-state index contributed by atoms with van der Waals surface area (Å²) >= 11 is 0. The van der Waals surface area contributed by atoms with E-state index in [0.29, 0.717) is 6.54 Å². The quantitative estimate of drug-likeness (QED) is 0.827. The zero-order valence-electron chi connectivity index (χ0n) is 16.5. The van der Waals surface area contributed by atoms with Crippen molar-refractivity contribution in [3.05, 3.63) is 71.0 Å². The average molecular weight is 385 g/mol. The van der Waals surface area contributed by atoms with Crippen LogP contribution in [0.1, 0.15) is 29.7 Å². The summed E-state index contributed by atoms with van der Waals surface area (Å²) in [4.78, 5) is 16.6. The van der Waals surface area contributed by atoms with Gasteiger partial charge in [-0.25, -0.2) is 9.18 Å². The Morgan fingerprint density at radius 2 is 1.79 bits per heavy atom. The van der Waals surface area contributed by atoms with E-state index < -0.39 is 0 Å². The van der Waals surface area contributed by atoms with E-state index in [-0.39, 0.29) is 17.9 Å². The Morgan fingerprint density at radius 1 is 1.14 bits per heavy atom. The molecular weight excluding hydrogens is 357 g/mol. The number of amides is 2. The van der Waals surface area contributed by atoms with Crippen LogP contribution in [-0.4, -0.2) is 49.2 Å². The summed E-state index contributed by atoms with van der Waals surface area (Å²) in [6.07, 6.45) is 0. The van der Waals surface area contributed by atoms with Gasteiger partial charge in [-0.15, -0.1) is 0 Å². The third kappa shape index (κ3) is 5.30. The monoisotopic (exact) mass is 385 g/mol. The van der Waals surface area contributed by atoms with Crippen LogP contribution in [0.5, 0.6) is 0 Å². The molecule has 0 aliphatic carbocycles. The summed E-state index contributed by atoms with van der Waals surface area (Å²) in [5, 5.41) is 3.01. The van der Waals surface area contributed by atoms with Gasteiger partial charge in [0.15, 0.2) is 0 Å². The number of carbonyl (C=O) groups is 1. The van der Waals surface area contributed by atoms with E-state index in [9.17, 15) is 9.18 Å². The lowest BCUT2D eigenvalue weighted by atomic mass is 10.1. The minimum Gasteiger partial charge on any atom is -0.379 e. The van der Waals surface area contributed by atoms with E-state index in [1.54, 1.807) is 24.1 Å². The summed E-state index contributed by atoms with van der Waals surface area (Å²) < 4.78 is 18.5. The predicted octanol–water partition coefficient (Wildman–Crippen LogP) is 3.56. The van der Waals surface area contributed by atoms with E-state index in [1.165, 1.54) is 17.7 Å². The van der Waals surface area contributed by atoms with Crippen molar-refractivity contribution in [2.45, 2.75) is 26.1 Å². The highest BCUT2D eigenvalue weighted by Gasteiger charge is 2.18. The average Bonchev–Trinajstić information content (AvgIpc) is 2.73. The maximum atomic E-state index is 13.1. The van der Waals surface area contributed by atoms with Crippen molar-refractivity contribution in [2.24, 2.45) is 0 Å². The van der Waals surface area contributed by atoms with Crippen LogP contribution in [-0.2, 0) is 17.8 Å². The summed E-state index contributed by atoms with van der Waals surface area (Å²) in [7, 11) is 1.75. The van der Waals surface area contributed by atoms with Gasteiger partial charge in [-0.1, -0.05) is 36.4 Å². The van der Waals surface area contributed by atoms with Crippen LogP contribution in [0, 0.1) is 5.82 Å². The molecular formula is C22H28FN3O2. The molecule has 1 N–H and O–H groups in total. The van der Waals surface area contributed by atoms with Crippen LogP contribution < -0.4 is 5.32 Å². The standard InChI is InChI=1S/C22H28FN3O2/c1-17(18-7-9-21(23)10-8-18)25(2)22(27)24-15-19-5-3-4-6-20(19)16-26-11-13-28-14-12-26/h3-10,17H,11-16H2,1-2H3,(H,24,27).